The van der Waals surface area contributed by atoms with Gasteiger partial charge in [-0.25, -0.2) is 9.97 Å². The first-order chi connectivity index (χ1) is 9.73. The summed E-state index contributed by atoms with van der Waals surface area (Å²) in [7, 11) is 0. The minimum atomic E-state index is 0.295. The van der Waals surface area contributed by atoms with E-state index in [9.17, 15) is 0 Å². The summed E-state index contributed by atoms with van der Waals surface area (Å²) < 4.78 is 0. The molecule has 0 bridgehead atoms. The highest BCUT2D eigenvalue weighted by atomic mass is 15.1. The molecular formula is C17H30N4. The Morgan fingerprint density at radius 1 is 1.10 bits per heavy atom. The molecule has 2 N–H and O–H groups in total. The fourth-order valence-corrected chi connectivity index (χ4v) is 3.14. The van der Waals surface area contributed by atoms with E-state index in [-0.39, 0.29) is 0 Å². The van der Waals surface area contributed by atoms with E-state index in [1.165, 1.54) is 5.56 Å². The number of hydrogen-bond acceptors (Lipinski definition) is 4. The molecule has 4 nitrogen and oxygen atoms in total. The van der Waals surface area contributed by atoms with Crippen LogP contribution in [0, 0.1) is 10.8 Å². The molecule has 1 heterocycles. The van der Waals surface area contributed by atoms with Gasteiger partial charge in [-0.2, -0.15) is 0 Å². The van der Waals surface area contributed by atoms with Gasteiger partial charge in [-0.1, -0.05) is 48.5 Å². The molecule has 0 radical (unpaired) electrons. The van der Waals surface area contributed by atoms with Gasteiger partial charge >= 0.3 is 0 Å². The summed E-state index contributed by atoms with van der Waals surface area (Å²) in [6.07, 6.45) is 2.75. The van der Waals surface area contributed by atoms with Crippen molar-refractivity contribution in [3.63, 3.8) is 0 Å². The second kappa shape index (κ2) is 5.47. The lowest BCUT2D eigenvalue weighted by Crippen LogP contribution is -2.16. The van der Waals surface area contributed by atoms with Crippen LogP contribution in [0.5, 0.6) is 0 Å². The maximum absolute atomic E-state index is 4.52. The van der Waals surface area contributed by atoms with Gasteiger partial charge in [0.05, 0.1) is 0 Å². The molecule has 1 aliphatic carbocycles. The van der Waals surface area contributed by atoms with Crippen molar-refractivity contribution in [1.82, 2.24) is 9.97 Å². The normalized spacial score (nSPS) is 19.6. The number of rotatable bonds is 6. The molecule has 1 fully saturated rings. The summed E-state index contributed by atoms with van der Waals surface area (Å²) in [5, 5.41) is 7.10. The predicted molar refractivity (Wildman–Crippen MR) is 89.9 cm³/mol. The minimum Gasteiger partial charge on any atom is -0.370 e. The summed E-state index contributed by atoms with van der Waals surface area (Å²) in [4.78, 5) is 8.95. The Morgan fingerprint density at radius 3 is 2.14 bits per heavy atom. The smallest absolute Gasteiger partial charge is 0.135 e. The topological polar surface area (TPSA) is 49.8 Å². The number of aromatic nitrogens is 2. The first-order valence-corrected chi connectivity index (χ1v) is 8.08. The molecule has 0 unspecified atom stereocenters. The molecule has 118 valence electrons. The van der Waals surface area contributed by atoms with E-state index < -0.39 is 0 Å². The molecule has 0 atom stereocenters. The standard InChI is InChI=1S/C17H30N4/c1-8-9-18-13-12(11(2)3)14(20-10-19-13)21-15-16(4,5)17(15,6)7/h10-11,15H,8-9H2,1-7H3,(H2,18,19,20,21). The van der Waals surface area contributed by atoms with Crippen LogP contribution >= 0.6 is 0 Å². The van der Waals surface area contributed by atoms with E-state index >= 15 is 0 Å². The van der Waals surface area contributed by atoms with Crippen LogP contribution in [0.3, 0.4) is 0 Å². The van der Waals surface area contributed by atoms with Crippen LogP contribution < -0.4 is 10.6 Å². The number of nitrogens with one attached hydrogen (secondary N) is 2. The van der Waals surface area contributed by atoms with Crippen molar-refractivity contribution in [3.8, 4) is 0 Å². The Balaban J connectivity index is 2.28. The average molecular weight is 290 g/mol. The van der Waals surface area contributed by atoms with Crippen molar-refractivity contribution in [1.29, 1.82) is 0 Å². The lowest BCUT2D eigenvalue weighted by Gasteiger charge is -2.18. The SMILES string of the molecule is CCCNc1ncnc(NC2C(C)(C)C2(C)C)c1C(C)C. The van der Waals surface area contributed by atoms with E-state index in [0.29, 0.717) is 22.8 Å². The first-order valence-electron chi connectivity index (χ1n) is 8.08. The Morgan fingerprint density at radius 2 is 1.67 bits per heavy atom. The van der Waals surface area contributed by atoms with Crippen LogP contribution in [0.15, 0.2) is 6.33 Å². The molecule has 0 saturated heterocycles. The molecule has 0 amide bonds. The third kappa shape index (κ3) is 2.72. The van der Waals surface area contributed by atoms with Crippen LogP contribution in [0.1, 0.15) is 66.4 Å². The van der Waals surface area contributed by atoms with E-state index in [4.69, 9.17) is 0 Å². The maximum atomic E-state index is 4.52. The summed E-state index contributed by atoms with van der Waals surface area (Å²) in [5.74, 6) is 2.35. The highest BCUT2D eigenvalue weighted by Gasteiger charge is 2.65. The number of anilines is 2. The molecule has 2 rings (SSSR count). The van der Waals surface area contributed by atoms with E-state index in [1.807, 2.05) is 0 Å². The van der Waals surface area contributed by atoms with E-state index in [0.717, 1.165) is 24.6 Å². The fraction of sp³-hybridized carbons (Fsp3) is 0.765. The van der Waals surface area contributed by atoms with Gasteiger partial charge < -0.3 is 10.6 Å². The van der Waals surface area contributed by atoms with Gasteiger partial charge in [-0.15, -0.1) is 0 Å². The van der Waals surface area contributed by atoms with Crippen LogP contribution in [-0.4, -0.2) is 22.6 Å². The fourth-order valence-electron chi connectivity index (χ4n) is 3.14. The zero-order valence-corrected chi connectivity index (χ0v) is 14.5. The predicted octanol–water partition coefficient (Wildman–Crippen LogP) is 4.27. The summed E-state index contributed by atoms with van der Waals surface area (Å²) >= 11 is 0. The largest absolute Gasteiger partial charge is 0.370 e. The van der Waals surface area contributed by atoms with Crippen LogP contribution in [0.2, 0.25) is 0 Å². The van der Waals surface area contributed by atoms with Crippen LogP contribution in [-0.2, 0) is 0 Å². The Hall–Kier alpha value is -1.32. The van der Waals surface area contributed by atoms with E-state index in [1.54, 1.807) is 6.33 Å². The van der Waals surface area contributed by atoms with Gasteiger partial charge in [0.25, 0.3) is 0 Å². The van der Waals surface area contributed by atoms with Crippen molar-refractivity contribution in [3.05, 3.63) is 11.9 Å². The van der Waals surface area contributed by atoms with Crippen molar-refractivity contribution in [2.24, 2.45) is 10.8 Å². The highest BCUT2D eigenvalue weighted by molar-refractivity contribution is 5.60. The highest BCUT2D eigenvalue weighted by Crippen LogP contribution is 2.63. The Bertz CT molecular complexity index is 492. The lowest BCUT2D eigenvalue weighted by atomic mass is 10.0. The molecule has 21 heavy (non-hydrogen) atoms. The third-order valence-corrected chi connectivity index (χ3v) is 5.31. The summed E-state index contributed by atoms with van der Waals surface area (Å²) in [6.45, 7) is 16.8. The van der Waals surface area contributed by atoms with Gasteiger partial charge in [0, 0.05) is 18.2 Å². The molecular weight excluding hydrogens is 260 g/mol. The number of nitrogens with zero attached hydrogens (tertiary/aromatic N) is 2. The Kier molecular flexibility index (Phi) is 4.18. The average Bonchev–Trinajstić information content (AvgIpc) is 2.78. The molecule has 0 aliphatic heterocycles. The minimum absolute atomic E-state index is 0.295. The lowest BCUT2D eigenvalue weighted by molar-refractivity contribution is 0.457. The van der Waals surface area contributed by atoms with E-state index in [2.05, 4.69) is 69.1 Å². The molecule has 1 saturated carbocycles. The van der Waals surface area contributed by atoms with Gasteiger partial charge in [-0.3, -0.25) is 0 Å². The maximum Gasteiger partial charge on any atom is 0.135 e. The van der Waals surface area contributed by atoms with Crippen molar-refractivity contribution >= 4 is 11.6 Å². The van der Waals surface area contributed by atoms with Gasteiger partial charge in [0.15, 0.2) is 0 Å². The zero-order chi connectivity index (χ0) is 15.8. The van der Waals surface area contributed by atoms with Gasteiger partial charge in [-0.05, 0) is 23.2 Å². The van der Waals surface area contributed by atoms with Crippen molar-refractivity contribution in [2.75, 3.05) is 17.2 Å². The van der Waals surface area contributed by atoms with Crippen molar-refractivity contribution in [2.45, 2.75) is 66.8 Å². The molecule has 0 aromatic carbocycles. The second-order valence-corrected chi connectivity index (χ2v) is 7.59. The van der Waals surface area contributed by atoms with Crippen LogP contribution in [0.25, 0.3) is 0 Å². The summed E-state index contributed by atoms with van der Waals surface area (Å²) in [5.41, 5.74) is 1.79. The molecule has 0 spiro atoms. The van der Waals surface area contributed by atoms with Gasteiger partial charge in [0.2, 0.25) is 0 Å². The number of hydrogen-bond donors (Lipinski definition) is 2. The van der Waals surface area contributed by atoms with Gasteiger partial charge in [0.1, 0.15) is 18.0 Å². The molecule has 1 aromatic rings. The molecule has 4 heteroatoms. The van der Waals surface area contributed by atoms with Crippen molar-refractivity contribution < 1.29 is 0 Å². The summed E-state index contributed by atoms with van der Waals surface area (Å²) in [6, 6.07) is 0.455. The third-order valence-electron chi connectivity index (χ3n) is 5.31. The quantitative estimate of drug-likeness (QED) is 0.821. The molecule has 1 aromatic heterocycles. The second-order valence-electron chi connectivity index (χ2n) is 7.59. The molecule has 1 aliphatic rings. The zero-order valence-electron chi connectivity index (χ0n) is 14.5. The van der Waals surface area contributed by atoms with Crippen LogP contribution in [0.4, 0.5) is 11.6 Å². The monoisotopic (exact) mass is 290 g/mol. The Labute approximate surface area is 129 Å². The first kappa shape index (κ1) is 16.1.